The van der Waals surface area contributed by atoms with Gasteiger partial charge in [-0.2, -0.15) is 5.26 Å². The minimum absolute atomic E-state index is 0.0350. The number of aromatic hydroxyl groups is 1. The van der Waals surface area contributed by atoms with Gasteiger partial charge in [0.05, 0.1) is 0 Å². The van der Waals surface area contributed by atoms with Gasteiger partial charge in [-0.15, -0.1) is 0 Å². The van der Waals surface area contributed by atoms with Crippen molar-refractivity contribution in [3.05, 3.63) is 108 Å². The molecular weight excluding hydrogens is 384 g/mol. The van der Waals surface area contributed by atoms with Crippen molar-refractivity contribution in [1.29, 1.82) is 5.26 Å². The van der Waals surface area contributed by atoms with Crippen molar-refractivity contribution in [2.75, 3.05) is 0 Å². The summed E-state index contributed by atoms with van der Waals surface area (Å²) < 4.78 is 1.52. The average Bonchev–Trinajstić information content (AvgIpc) is 3.15. The zero-order valence-electron chi connectivity index (χ0n) is 16.6. The van der Waals surface area contributed by atoms with Gasteiger partial charge >= 0.3 is 0 Å². The highest BCUT2D eigenvalue weighted by atomic mass is 16.3. The Hall–Kier alpha value is -4.43. The van der Waals surface area contributed by atoms with Gasteiger partial charge < -0.3 is 5.11 Å². The van der Waals surface area contributed by atoms with Gasteiger partial charge in [0.2, 0.25) is 5.88 Å². The van der Waals surface area contributed by atoms with Crippen LogP contribution in [0, 0.1) is 11.3 Å². The number of imidazole rings is 1. The lowest BCUT2D eigenvalue weighted by atomic mass is 10.1. The summed E-state index contributed by atoms with van der Waals surface area (Å²) in [7, 11) is 0. The molecule has 0 saturated carbocycles. The van der Waals surface area contributed by atoms with Crippen molar-refractivity contribution in [1.82, 2.24) is 14.4 Å². The second-order valence-electron chi connectivity index (χ2n) is 7.20. The number of hydrogen-bond acceptors (Lipinski definition) is 4. The summed E-state index contributed by atoms with van der Waals surface area (Å²) in [6, 6.07) is 31.3. The Morgan fingerprint density at radius 2 is 1.29 bits per heavy atom. The van der Waals surface area contributed by atoms with Gasteiger partial charge in [0.15, 0.2) is 11.3 Å². The van der Waals surface area contributed by atoms with Crippen molar-refractivity contribution in [2.45, 2.75) is 6.42 Å². The fraction of sp³-hybridized carbons (Fsp3) is 0.0385. The predicted molar refractivity (Wildman–Crippen MR) is 119 cm³/mol. The minimum Gasteiger partial charge on any atom is -0.493 e. The molecule has 0 radical (unpaired) electrons. The molecule has 0 fully saturated rings. The topological polar surface area (TPSA) is 74.2 Å². The maximum absolute atomic E-state index is 11.1. The normalized spacial score (nSPS) is 10.8. The molecule has 2 heterocycles. The molecule has 1 N–H and O–H groups in total. The van der Waals surface area contributed by atoms with Crippen LogP contribution < -0.4 is 0 Å². The molecule has 0 bridgehead atoms. The number of benzene rings is 3. The average molecular weight is 402 g/mol. The van der Waals surface area contributed by atoms with Crippen LogP contribution in [0.4, 0.5) is 0 Å². The third-order valence-corrected chi connectivity index (χ3v) is 5.22. The van der Waals surface area contributed by atoms with E-state index in [0.29, 0.717) is 29.1 Å². The summed E-state index contributed by atoms with van der Waals surface area (Å²) in [6.45, 7) is 0. The Balaban J connectivity index is 1.82. The molecule has 0 amide bonds. The summed E-state index contributed by atoms with van der Waals surface area (Å²) >= 11 is 0. The van der Waals surface area contributed by atoms with Crippen molar-refractivity contribution in [3.8, 4) is 34.5 Å². The Labute approximate surface area is 179 Å². The van der Waals surface area contributed by atoms with E-state index in [-0.39, 0.29) is 11.6 Å². The standard InChI is InChI=1S/C26H18N4O/c27-17-22-23(19-12-6-2-7-13-19)29-24(20-14-8-3-9-15-20)25-28-21(26(31)30(22)25)16-18-10-4-1-5-11-18/h1-15,31H,16H2. The molecular formula is C26H18N4O. The number of aromatic nitrogens is 3. The fourth-order valence-corrected chi connectivity index (χ4v) is 3.75. The largest absolute Gasteiger partial charge is 0.493 e. The molecule has 2 aromatic heterocycles. The van der Waals surface area contributed by atoms with Crippen LogP contribution in [-0.2, 0) is 6.42 Å². The molecule has 0 atom stereocenters. The summed E-state index contributed by atoms with van der Waals surface area (Å²) in [6.07, 6.45) is 0.453. The molecule has 0 aliphatic carbocycles. The van der Waals surface area contributed by atoms with Crippen molar-refractivity contribution < 1.29 is 5.11 Å². The third-order valence-electron chi connectivity index (χ3n) is 5.22. The zero-order valence-corrected chi connectivity index (χ0v) is 16.6. The molecule has 3 aromatic carbocycles. The second kappa shape index (κ2) is 7.77. The van der Waals surface area contributed by atoms with E-state index in [1.807, 2.05) is 91.0 Å². The minimum atomic E-state index is -0.0350. The first-order valence-electron chi connectivity index (χ1n) is 9.95. The molecule has 5 heteroatoms. The maximum Gasteiger partial charge on any atom is 0.220 e. The molecule has 0 aliphatic heterocycles. The highest BCUT2D eigenvalue weighted by Gasteiger charge is 2.23. The molecule has 0 saturated heterocycles. The van der Waals surface area contributed by atoms with Gasteiger partial charge in [-0.25, -0.2) is 14.4 Å². The number of nitrogens with zero attached hydrogens (tertiary/aromatic N) is 4. The number of fused-ring (bicyclic) bond motifs is 1. The van der Waals surface area contributed by atoms with E-state index in [4.69, 9.17) is 9.97 Å². The van der Waals surface area contributed by atoms with Crippen LogP contribution in [0.15, 0.2) is 91.0 Å². The lowest BCUT2D eigenvalue weighted by Gasteiger charge is -2.11. The van der Waals surface area contributed by atoms with E-state index >= 15 is 0 Å². The predicted octanol–water partition coefficient (Wildman–Crippen LogP) is 5.23. The van der Waals surface area contributed by atoms with Crippen LogP contribution in [0.2, 0.25) is 0 Å². The second-order valence-corrected chi connectivity index (χ2v) is 7.20. The van der Waals surface area contributed by atoms with Gasteiger partial charge in [0, 0.05) is 17.5 Å². The van der Waals surface area contributed by atoms with Gasteiger partial charge in [0.25, 0.3) is 0 Å². The fourth-order valence-electron chi connectivity index (χ4n) is 3.75. The van der Waals surface area contributed by atoms with E-state index in [2.05, 4.69) is 6.07 Å². The maximum atomic E-state index is 11.1. The van der Waals surface area contributed by atoms with E-state index < -0.39 is 0 Å². The molecule has 0 aliphatic rings. The third kappa shape index (κ3) is 3.30. The summed E-state index contributed by atoms with van der Waals surface area (Å²) in [4.78, 5) is 9.58. The zero-order chi connectivity index (χ0) is 21.2. The first-order chi connectivity index (χ1) is 15.3. The van der Waals surface area contributed by atoms with Gasteiger partial charge in [-0.3, -0.25) is 0 Å². The van der Waals surface area contributed by atoms with Gasteiger partial charge in [-0.05, 0) is 5.56 Å². The van der Waals surface area contributed by atoms with E-state index in [0.717, 1.165) is 16.7 Å². The molecule has 5 aromatic rings. The lowest BCUT2D eigenvalue weighted by Crippen LogP contribution is -2.02. The SMILES string of the molecule is N#Cc1c(-c2ccccc2)nc(-c2ccccc2)c2nc(Cc3ccccc3)c(O)n12. The quantitative estimate of drug-likeness (QED) is 0.447. The summed E-state index contributed by atoms with van der Waals surface area (Å²) in [5.41, 5.74) is 5.04. The monoisotopic (exact) mass is 402 g/mol. The van der Waals surface area contributed by atoms with Crippen molar-refractivity contribution in [2.24, 2.45) is 0 Å². The number of nitriles is 1. The van der Waals surface area contributed by atoms with Crippen LogP contribution in [-0.4, -0.2) is 19.5 Å². The molecule has 5 rings (SSSR count). The van der Waals surface area contributed by atoms with Crippen molar-refractivity contribution in [3.63, 3.8) is 0 Å². The molecule has 5 nitrogen and oxygen atoms in total. The molecule has 31 heavy (non-hydrogen) atoms. The summed E-state index contributed by atoms with van der Waals surface area (Å²) in [5, 5.41) is 21.1. The van der Waals surface area contributed by atoms with E-state index in [9.17, 15) is 10.4 Å². The molecule has 0 unspecified atom stereocenters. The van der Waals surface area contributed by atoms with Crippen LogP contribution in [0.1, 0.15) is 17.0 Å². The van der Waals surface area contributed by atoms with Crippen LogP contribution in [0.25, 0.3) is 28.2 Å². The molecule has 148 valence electrons. The smallest absolute Gasteiger partial charge is 0.220 e. The van der Waals surface area contributed by atoms with Crippen LogP contribution in [0.5, 0.6) is 5.88 Å². The number of rotatable bonds is 4. The van der Waals surface area contributed by atoms with Gasteiger partial charge in [-0.1, -0.05) is 91.0 Å². The molecule has 0 spiro atoms. The van der Waals surface area contributed by atoms with Gasteiger partial charge in [0.1, 0.15) is 23.2 Å². The number of hydrogen-bond donors (Lipinski definition) is 1. The van der Waals surface area contributed by atoms with Crippen LogP contribution in [0.3, 0.4) is 0 Å². The van der Waals surface area contributed by atoms with Crippen molar-refractivity contribution >= 4 is 5.65 Å². The Bertz CT molecular complexity index is 1400. The Kier molecular flexibility index (Phi) is 4.66. The summed E-state index contributed by atoms with van der Waals surface area (Å²) in [5.74, 6) is -0.0350. The Morgan fingerprint density at radius 3 is 1.87 bits per heavy atom. The van der Waals surface area contributed by atoms with E-state index in [1.54, 1.807) is 0 Å². The highest BCUT2D eigenvalue weighted by molar-refractivity contribution is 5.80. The first-order valence-corrected chi connectivity index (χ1v) is 9.95. The van der Waals surface area contributed by atoms with Crippen LogP contribution >= 0.6 is 0 Å². The highest BCUT2D eigenvalue weighted by Crippen LogP contribution is 2.34. The first kappa shape index (κ1) is 18.6. The lowest BCUT2D eigenvalue weighted by molar-refractivity contribution is 0.442. The Morgan fingerprint density at radius 1 is 0.742 bits per heavy atom. The van der Waals surface area contributed by atoms with E-state index in [1.165, 1.54) is 4.40 Å².